The van der Waals surface area contributed by atoms with Gasteiger partial charge in [-0.05, 0) is 40.0 Å². The van der Waals surface area contributed by atoms with E-state index in [4.69, 9.17) is 10.5 Å². The molecule has 0 unspecified atom stereocenters. The van der Waals surface area contributed by atoms with Gasteiger partial charge in [0.05, 0.1) is 11.6 Å². The first-order valence-electron chi connectivity index (χ1n) is 7.19. The van der Waals surface area contributed by atoms with Crippen LogP contribution in [0.5, 0.6) is 0 Å². The third kappa shape index (κ3) is 8.55. The van der Waals surface area contributed by atoms with Crippen LogP contribution in [0.15, 0.2) is 0 Å². The fourth-order valence-corrected chi connectivity index (χ4v) is 1.45. The molecule has 0 aromatic heterocycles. The Hall–Kier alpha value is -1.30. The summed E-state index contributed by atoms with van der Waals surface area (Å²) >= 11 is 0. The molecular formula is C15H31N3O3. The topological polar surface area (TPSA) is 93.5 Å². The Kier molecular flexibility index (Phi) is 6.23. The molecular weight excluding hydrogens is 270 g/mol. The molecule has 0 saturated carbocycles. The smallest absolute Gasteiger partial charge is 0.407 e. The minimum absolute atomic E-state index is 0.233. The van der Waals surface area contributed by atoms with Crippen molar-refractivity contribution in [2.45, 2.75) is 72.6 Å². The third-order valence-corrected chi connectivity index (χ3v) is 2.79. The molecule has 0 rings (SSSR count). The van der Waals surface area contributed by atoms with Crippen LogP contribution in [-0.2, 0) is 9.53 Å². The van der Waals surface area contributed by atoms with Crippen molar-refractivity contribution in [1.82, 2.24) is 10.6 Å². The highest BCUT2D eigenvalue weighted by Gasteiger charge is 2.30. The van der Waals surface area contributed by atoms with Crippen LogP contribution < -0.4 is 16.4 Å². The van der Waals surface area contributed by atoms with E-state index < -0.39 is 17.2 Å². The molecule has 0 heterocycles. The average molecular weight is 301 g/mol. The van der Waals surface area contributed by atoms with Crippen LogP contribution in [0.3, 0.4) is 0 Å². The van der Waals surface area contributed by atoms with Crippen molar-refractivity contribution < 1.29 is 14.3 Å². The molecule has 6 heteroatoms. The minimum Gasteiger partial charge on any atom is -0.444 e. The first kappa shape index (κ1) is 19.7. The average Bonchev–Trinajstić information content (AvgIpc) is 2.17. The predicted molar refractivity (Wildman–Crippen MR) is 83.9 cm³/mol. The van der Waals surface area contributed by atoms with E-state index in [1.807, 2.05) is 20.8 Å². The first-order chi connectivity index (χ1) is 9.13. The molecule has 0 aliphatic carbocycles. The molecule has 0 fully saturated rings. The van der Waals surface area contributed by atoms with Crippen molar-refractivity contribution >= 4 is 12.0 Å². The fraction of sp³-hybridized carbons (Fsp3) is 0.867. The molecule has 2 amide bonds. The maximum atomic E-state index is 11.9. The lowest BCUT2D eigenvalue weighted by Gasteiger charge is -2.33. The standard InChI is InChI=1S/C15H31N3O3/c1-13(2,3)10(9-17-11(19)15(7,8)16)18-12(20)21-14(4,5)6/h10H,9,16H2,1-8H3,(H,17,19)(H,18,20)/t10-/m1/s1. The van der Waals surface area contributed by atoms with E-state index in [0.29, 0.717) is 6.54 Å². The Morgan fingerprint density at radius 1 is 1.05 bits per heavy atom. The number of nitrogens with two attached hydrogens (primary N) is 1. The first-order valence-corrected chi connectivity index (χ1v) is 7.19. The van der Waals surface area contributed by atoms with Crippen LogP contribution in [0.4, 0.5) is 4.79 Å². The molecule has 6 nitrogen and oxygen atoms in total. The number of ether oxygens (including phenoxy) is 1. The summed E-state index contributed by atoms with van der Waals surface area (Å²) in [6.07, 6.45) is -0.497. The summed E-state index contributed by atoms with van der Waals surface area (Å²) in [6, 6.07) is -0.265. The van der Waals surface area contributed by atoms with Gasteiger partial charge in [-0.3, -0.25) is 4.79 Å². The molecule has 0 saturated heterocycles. The molecule has 0 radical (unpaired) electrons. The summed E-state index contributed by atoms with van der Waals surface area (Å²) in [5.74, 6) is -0.261. The number of carbonyl (C=O) groups excluding carboxylic acids is 2. The van der Waals surface area contributed by atoms with E-state index in [9.17, 15) is 9.59 Å². The number of nitrogens with one attached hydrogen (secondary N) is 2. The van der Waals surface area contributed by atoms with Crippen LogP contribution in [0.1, 0.15) is 55.4 Å². The number of hydrogen-bond acceptors (Lipinski definition) is 4. The Labute approximate surface area is 128 Å². The summed E-state index contributed by atoms with van der Waals surface area (Å²) in [6.45, 7) is 14.9. The van der Waals surface area contributed by atoms with E-state index in [1.54, 1.807) is 34.6 Å². The largest absolute Gasteiger partial charge is 0.444 e. The van der Waals surface area contributed by atoms with Crippen LogP contribution in [0.2, 0.25) is 0 Å². The number of rotatable bonds is 4. The normalized spacial score (nSPS) is 14.3. The van der Waals surface area contributed by atoms with Crippen molar-refractivity contribution in [2.24, 2.45) is 11.1 Å². The predicted octanol–water partition coefficient (Wildman–Crippen LogP) is 1.78. The van der Waals surface area contributed by atoms with Gasteiger partial charge in [0.25, 0.3) is 0 Å². The Balaban J connectivity index is 4.70. The van der Waals surface area contributed by atoms with Gasteiger partial charge in [0, 0.05) is 6.54 Å². The van der Waals surface area contributed by atoms with Gasteiger partial charge in [-0.1, -0.05) is 20.8 Å². The monoisotopic (exact) mass is 301 g/mol. The Bertz CT molecular complexity index is 373. The molecule has 4 N–H and O–H groups in total. The van der Waals surface area contributed by atoms with E-state index >= 15 is 0 Å². The van der Waals surface area contributed by atoms with Crippen LogP contribution in [0.25, 0.3) is 0 Å². The zero-order valence-electron chi connectivity index (χ0n) is 14.6. The van der Waals surface area contributed by atoms with Crippen LogP contribution in [-0.4, -0.2) is 35.7 Å². The van der Waals surface area contributed by atoms with Crippen LogP contribution >= 0.6 is 0 Å². The van der Waals surface area contributed by atoms with Gasteiger partial charge in [-0.25, -0.2) is 4.79 Å². The highest BCUT2D eigenvalue weighted by atomic mass is 16.6. The number of amides is 2. The van der Waals surface area contributed by atoms with E-state index in [-0.39, 0.29) is 17.4 Å². The van der Waals surface area contributed by atoms with Crippen molar-refractivity contribution in [2.75, 3.05) is 6.54 Å². The summed E-state index contributed by atoms with van der Waals surface area (Å²) in [7, 11) is 0. The maximum absolute atomic E-state index is 11.9. The summed E-state index contributed by atoms with van der Waals surface area (Å²) in [4.78, 5) is 23.7. The highest BCUT2D eigenvalue weighted by Crippen LogP contribution is 2.19. The van der Waals surface area contributed by atoms with Gasteiger partial charge in [0.15, 0.2) is 0 Å². The molecule has 0 aromatic carbocycles. The number of alkyl carbamates (subject to hydrolysis) is 1. The Morgan fingerprint density at radius 3 is 1.86 bits per heavy atom. The van der Waals surface area contributed by atoms with Crippen LogP contribution in [0, 0.1) is 5.41 Å². The van der Waals surface area contributed by atoms with Gasteiger partial charge >= 0.3 is 6.09 Å². The van der Waals surface area contributed by atoms with Crippen molar-refractivity contribution in [1.29, 1.82) is 0 Å². The van der Waals surface area contributed by atoms with Crippen molar-refractivity contribution in [3.8, 4) is 0 Å². The van der Waals surface area contributed by atoms with Gasteiger partial charge in [-0.2, -0.15) is 0 Å². The lowest BCUT2D eigenvalue weighted by atomic mass is 9.86. The zero-order valence-corrected chi connectivity index (χ0v) is 14.6. The molecule has 21 heavy (non-hydrogen) atoms. The zero-order chi connectivity index (χ0) is 17.1. The van der Waals surface area contributed by atoms with Crippen molar-refractivity contribution in [3.63, 3.8) is 0 Å². The number of hydrogen-bond donors (Lipinski definition) is 3. The quantitative estimate of drug-likeness (QED) is 0.738. The molecule has 0 aromatic rings. The highest BCUT2D eigenvalue weighted by molar-refractivity contribution is 5.85. The summed E-state index contributed by atoms with van der Waals surface area (Å²) < 4.78 is 5.25. The molecule has 124 valence electrons. The Morgan fingerprint density at radius 2 is 1.52 bits per heavy atom. The molecule has 0 aliphatic rings. The summed E-state index contributed by atoms with van der Waals surface area (Å²) in [5.41, 5.74) is 3.99. The lowest BCUT2D eigenvalue weighted by molar-refractivity contribution is -0.125. The summed E-state index contributed by atoms with van der Waals surface area (Å²) in [5, 5.41) is 5.57. The lowest BCUT2D eigenvalue weighted by Crippen LogP contribution is -2.56. The van der Waals surface area contributed by atoms with Gasteiger partial charge in [0.2, 0.25) is 5.91 Å². The van der Waals surface area contributed by atoms with E-state index in [1.165, 1.54) is 0 Å². The SMILES string of the molecule is CC(C)(C)OC(=O)N[C@H](CNC(=O)C(C)(C)N)C(C)(C)C. The van der Waals surface area contributed by atoms with E-state index in [0.717, 1.165) is 0 Å². The molecule has 0 aliphatic heterocycles. The second-order valence-electron chi connectivity index (χ2n) is 8.00. The van der Waals surface area contributed by atoms with Gasteiger partial charge in [-0.15, -0.1) is 0 Å². The maximum Gasteiger partial charge on any atom is 0.407 e. The number of carbonyl (C=O) groups is 2. The third-order valence-electron chi connectivity index (χ3n) is 2.79. The second-order valence-corrected chi connectivity index (χ2v) is 8.00. The second kappa shape index (κ2) is 6.64. The molecule has 1 atom stereocenters. The minimum atomic E-state index is -0.950. The van der Waals surface area contributed by atoms with Gasteiger partial charge in [0.1, 0.15) is 5.60 Å². The fourth-order valence-electron chi connectivity index (χ4n) is 1.45. The van der Waals surface area contributed by atoms with E-state index in [2.05, 4.69) is 10.6 Å². The molecule has 0 spiro atoms. The van der Waals surface area contributed by atoms with Gasteiger partial charge < -0.3 is 21.1 Å². The van der Waals surface area contributed by atoms with Crippen molar-refractivity contribution in [3.05, 3.63) is 0 Å². The molecule has 0 bridgehead atoms.